The molecule has 29 heavy (non-hydrogen) atoms. The Morgan fingerprint density at radius 2 is 1.83 bits per heavy atom. The molecule has 5 nitrogen and oxygen atoms in total. The number of ether oxygens (including phenoxy) is 1. The Kier molecular flexibility index (Phi) is 5.84. The molecule has 1 fully saturated rings. The highest BCUT2D eigenvalue weighted by Gasteiger charge is 2.22. The summed E-state index contributed by atoms with van der Waals surface area (Å²) in [5, 5.41) is 0. The van der Waals surface area contributed by atoms with Crippen molar-refractivity contribution in [3.8, 4) is 17.1 Å². The van der Waals surface area contributed by atoms with Crippen molar-refractivity contribution in [2.45, 2.75) is 25.2 Å². The summed E-state index contributed by atoms with van der Waals surface area (Å²) < 4.78 is 5.09. The zero-order chi connectivity index (χ0) is 20.1. The van der Waals surface area contributed by atoms with E-state index >= 15 is 0 Å². The minimum Gasteiger partial charge on any atom is -0.481 e. The van der Waals surface area contributed by atoms with Crippen molar-refractivity contribution in [1.29, 1.82) is 0 Å². The minimum absolute atomic E-state index is 0.0608. The van der Waals surface area contributed by atoms with Crippen molar-refractivity contribution in [2.24, 2.45) is 0 Å². The van der Waals surface area contributed by atoms with Gasteiger partial charge >= 0.3 is 0 Å². The second-order valence-corrected chi connectivity index (χ2v) is 7.35. The highest BCUT2D eigenvalue weighted by molar-refractivity contribution is 5.94. The summed E-state index contributed by atoms with van der Waals surface area (Å²) in [6, 6.07) is 18.1. The van der Waals surface area contributed by atoms with E-state index in [9.17, 15) is 4.79 Å². The van der Waals surface area contributed by atoms with Crippen LogP contribution in [0.15, 0.2) is 67.0 Å². The van der Waals surface area contributed by atoms with Crippen molar-refractivity contribution in [2.75, 3.05) is 20.2 Å². The molecule has 0 bridgehead atoms. The third kappa shape index (κ3) is 4.45. The van der Waals surface area contributed by atoms with Gasteiger partial charge in [-0.2, -0.15) is 0 Å². The first-order valence-corrected chi connectivity index (χ1v) is 10.1. The molecule has 0 N–H and O–H groups in total. The molecule has 0 unspecified atom stereocenters. The number of hydrogen-bond donors (Lipinski definition) is 0. The Labute approximate surface area is 171 Å². The predicted molar refractivity (Wildman–Crippen MR) is 113 cm³/mol. The summed E-state index contributed by atoms with van der Waals surface area (Å²) in [4.78, 5) is 23.6. The Morgan fingerprint density at radius 1 is 0.966 bits per heavy atom. The first-order chi connectivity index (χ1) is 14.2. The van der Waals surface area contributed by atoms with E-state index in [4.69, 9.17) is 4.74 Å². The fourth-order valence-electron chi connectivity index (χ4n) is 3.88. The molecule has 5 heteroatoms. The number of carbonyl (C=O) groups is 1. The molecular weight excluding hydrogens is 362 g/mol. The van der Waals surface area contributed by atoms with E-state index in [0.29, 0.717) is 17.4 Å². The molecule has 0 spiro atoms. The molecule has 1 saturated heterocycles. The van der Waals surface area contributed by atoms with Crippen LogP contribution in [-0.2, 0) is 0 Å². The van der Waals surface area contributed by atoms with Crippen molar-refractivity contribution in [3.63, 3.8) is 0 Å². The third-order valence-electron chi connectivity index (χ3n) is 5.54. The van der Waals surface area contributed by atoms with Crippen molar-refractivity contribution in [1.82, 2.24) is 14.9 Å². The fraction of sp³-hybridized carbons (Fsp3) is 0.292. The quantitative estimate of drug-likeness (QED) is 0.658. The number of benzene rings is 1. The number of rotatable bonds is 4. The summed E-state index contributed by atoms with van der Waals surface area (Å²) in [6.45, 7) is 1.58. The number of amides is 1. The Bertz CT molecular complexity index is 940. The van der Waals surface area contributed by atoms with E-state index < -0.39 is 0 Å². The topological polar surface area (TPSA) is 55.3 Å². The van der Waals surface area contributed by atoms with Gasteiger partial charge in [-0.05, 0) is 48.9 Å². The summed E-state index contributed by atoms with van der Waals surface area (Å²) in [5.74, 6) is 1.15. The molecule has 0 aliphatic carbocycles. The lowest BCUT2D eigenvalue weighted by Crippen LogP contribution is -2.32. The van der Waals surface area contributed by atoms with Crippen LogP contribution in [-0.4, -0.2) is 41.0 Å². The second kappa shape index (κ2) is 8.86. The maximum absolute atomic E-state index is 13.0. The van der Waals surface area contributed by atoms with Gasteiger partial charge in [0.25, 0.3) is 5.91 Å². The Morgan fingerprint density at radius 3 is 2.52 bits per heavy atom. The van der Waals surface area contributed by atoms with Gasteiger partial charge in [0, 0.05) is 37.1 Å². The number of methoxy groups -OCH3 is 1. The molecule has 1 aliphatic heterocycles. The van der Waals surface area contributed by atoms with Crippen molar-refractivity contribution < 1.29 is 9.53 Å². The second-order valence-electron chi connectivity index (χ2n) is 7.35. The van der Waals surface area contributed by atoms with E-state index in [1.807, 2.05) is 23.1 Å². The van der Waals surface area contributed by atoms with Crippen LogP contribution in [0.4, 0.5) is 0 Å². The Hall–Kier alpha value is -3.21. The van der Waals surface area contributed by atoms with E-state index in [-0.39, 0.29) is 5.91 Å². The predicted octanol–water partition coefficient (Wildman–Crippen LogP) is 4.56. The van der Waals surface area contributed by atoms with Gasteiger partial charge in [-0.3, -0.25) is 9.78 Å². The number of carbonyl (C=O) groups excluding carboxylic acids is 1. The first kappa shape index (κ1) is 19.1. The van der Waals surface area contributed by atoms with Gasteiger partial charge in [0.2, 0.25) is 5.88 Å². The smallest absolute Gasteiger partial charge is 0.255 e. The third-order valence-corrected chi connectivity index (χ3v) is 5.54. The van der Waals surface area contributed by atoms with Crippen molar-refractivity contribution >= 4 is 5.91 Å². The molecule has 3 aromatic rings. The van der Waals surface area contributed by atoms with Gasteiger partial charge in [0.05, 0.1) is 18.4 Å². The van der Waals surface area contributed by atoms with Gasteiger partial charge in [0.1, 0.15) is 0 Å². The Balaban J connectivity index is 1.42. The lowest BCUT2D eigenvalue weighted by molar-refractivity contribution is 0.0760. The lowest BCUT2D eigenvalue weighted by atomic mass is 9.92. The lowest BCUT2D eigenvalue weighted by Gasteiger charge is -2.21. The molecule has 2 aromatic heterocycles. The standard InChI is InChI=1S/C24H25N3O2/c1-29-23-12-10-20(16-26-23)22-11-9-21(17-25-22)24(28)27-14-5-8-19(13-15-27)18-6-3-2-4-7-18/h2-4,6-7,9-12,16-17,19H,5,8,13-15H2,1H3/t19-/m0/s1. The maximum Gasteiger partial charge on any atom is 0.255 e. The van der Waals surface area contributed by atoms with Gasteiger partial charge in [-0.25, -0.2) is 4.98 Å². The minimum atomic E-state index is 0.0608. The summed E-state index contributed by atoms with van der Waals surface area (Å²) in [6.07, 6.45) is 6.53. The van der Waals surface area contributed by atoms with Gasteiger partial charge in [-0.15, -0.1) is 0 Å². The summed E-state index contributed by atoms with van der Waals surface area (Å²) >= 11 is 0. The average molecular weight is 387 g/mol. The number of nitrogens with zero attached hydrogens (tertiary/aromatic N) is 3. The monoisotopic (exact) mass is 387 g/mol. The van der Waals surface area contributed by atoms with Crippen LogP contribution in [0.5, 0.6) is 5.88 Å². The number of pyridine rings is 2. The fourth-order valence-corrected chi connectivity index (χ4v) is 3.88. The van der Waals surface area contributed by atoms with E-state index in [1.165, 1.54) is 5.56 Å². The van der Waals surface area contributed by atoms with Gasteiger partial charge < -0.3 is 9.64 Å². The number of hydrogen-bond acceptors (Lipinski definition) is 4. The van der Waals surface area contributed by atoms with Crippen LogP contribution in [0.25, 0.3) is 11.3 Å². The van der Waals surface area contributed by atoms with Crippen LogP contribution in [0, 0.1) is 0 Å². The molecule has 1 aromatic carbocycles. The molecule has 0 saturated carbocycles. The van der Waals surface area contributed by atoms with Crippen LogP contribution >= 0.6 is 0 Å². The molecule has 0 radical (unpaired) electrons. The number of aromatic nitrogens is 2. The zero-order valence-corrected chi connectivity index (χ0v) is 16.6. The van der Waals surface area contributed by atoms with E-state index in [1.54, 1.807) is 25.6 Å². The molecule has 4 rings (SSSR count). The molecule has 1 atom stereocenters. The highest BCUT2D eigenvalue weighted by atomic mass is 16.5. The largest absolute Gasteiger partial charge is 0.481 e. The van der Waals surface area contributed by atoms with Crippen LogP contribution in [0.3, 0.4) is 0 Å². The molecule has 3 heterocycles. The molecule has 1 aliphatic rings. The highest BCUT2D eigenvalue weighted by Crippen LogP contribution is 2.28. The molecule has 1 amide bonds. The van der Waals surface area contributed by atoms with Crippen LogP contribution < -0.4 is 4.74 Å². The molecule has 148 valence electrons. The van der Waals surface area contributed by atoms with Crippen LogP contribution in [0.1, 0.15) is 41.1 Å². The number of likely N-dealkylation sites (tertiary alicyclic amines) is 1. The average Bonchev–Trinajstić information content (AvgIpc) is 3.06. The van der Waals surface area contributed by atoms with E-state index in [2.05, 4.69) is 40.3 Å². The molecular formula is C24H25N3O2. The summed E-state index contributed by atoms with van der Waals surface area (Å²) in [7, 11) is 1.59. The first-order valence-electron chi connectivity index (χ1n) is 10.1. The SMILES string of the molecule is COc1ccc(-c2ccc(C(=O)N3CCC[C@H](c4ccccc4)CC3)cn2)cn1. The van der Waals surface area contributed by atoms with Gasteiger partial charge in [0.15, 0.2) is 0 Å². The summed E-state index contributed by atoms with van der Waals surface area (Å²) in [5.41, 5.74) is 3.69. The van der Waals surface area contributed by atoms with Gasteiger partial charge in [-0.1, -0.05) is 30.3 Å². The van der Waals surface area contributed by atoms with E-state index in [0.717, 1.165) is 43.6 Å². The van der Waals surface area contributed by atoms with Crippen molar-refractivity contribution in [3.05, 3.63) is 78.1 Å². The maximum atomic E-state index is 13.0. The van der Waals surface area contributed by atoms with Crippen LogP contribution in [0.2, 0.25) is 0 Å². The normalized spacial score (nSPS) is 16.9. The zero-order valence-electron chi connectivity index (χ0n) is 16.6.